The molecular weight excluding hydrogens is 353 g/mol. The number of hydrogen-bond acceptors (Lipinski definition) is 4. The minimum Gasteiger partial charge on any atom is -0.320 e. The standard InChI is InChI=1S/C15H22ClN5O2.ClH/c1-3-10(2)13(17)14(22)20-8-5-9-21(20)15(23)19-12-7-4-6-11(16)18-12;/h4,6-7,10,13H,3,5,8-9,17H2,1-2H3,(H,18,19,23);1H. The van der Waals surface area contributed by atoms with Gasteiger partial charge >= 0.3 is 6.03 Å². The zero-order valence-corrected chi connectivity index (χ0v) is 15.3. The Kier molecular flexibility index (Phi) is 7.72. The van der Waals surface area contributed by atoms with E-state index in [2.05, 4.69) is 10.3 Å². The van der Waals surface area contributed by atoms with Gasteiger partial charge in [0.05, 0.1) is 6.04 Å². The molecule has 134 valence electrons. The highest BCUT2D eigenvalue weighted by Crippen LogP contribution is 2.17. The van der Waals surface area contributed by atoms with E-state index < -0.39 is 12.1 Å². The minimum atomic E-state index is -0.613. The molecule has 2 atom stereocenters. The van der Waals surface area contributed by atoms with Crippen LogP contribution in [0.1, 0.15) is 26.7 Å². The molecule has 1 fully saturated rings. The fourth-order valence-electron chi connectivity index (χ4n) is 2.37. The fraction of sp³-hybridized carbons (Fsp3) is 0.533. The predicted octanol–water partition coefficient (Wildman–Crippen LogP) is 2.51. The van der Waals surface area contributed by atoms with E-state index in [1.165, 1.54) is 10.0 Å². The number of nitrogens with one attached hydrogen (secondary N) is 1. The van der Waals surface area contributed by atoms with Crippen molar-refractivity contribution >= 4 is 41.8 Å². The Balaban J connectivity index is 0.00000288. The van der Waals surface area contributed by atoms with E-state index in [0.29, 0.717) is 18.9 Å². The van der Waals surface area contributed by atoms with Crippen LogP contribution in [0, 0.1) is 5.92 Å². The lowest BCUT2D eigenvalue weighted by atomic mass is 9.99. The summed E-state index contributed by atoms with van der Waals surface area (Å²) in [5.41, 5.74) is 6.01. The lowest BCUT2D eigenvalue weighted by Crippen LogP contribution is -2.53. The van der Waals surface area contributed by atoms with Gasteiger partial charge in [-0.1, -0.05) is 37.9 Å². The van der Waals surface area contributed by atoms with Crippen molar-refractivity contribution in [2.45, 2.75) is 32.7 Å². The van der Waals surface area contributed by atoms with Crippen molar-refractivity contribution in [1.29, 1.82) is 0 Å². The SMILES string of the molecule is CCC(C)C(N)C(=O)N1CCCN1C(=O)Nc1cccc(Cl)n1.Cl. The van der Waals surface area contributed by atoms with Gasteiger partial charge in [0.25, 0.3) is 5.91 Å². The molecule has 0 saturated carbocycles. The molecule has 1 saturated heterocycles. The lowest BCUT2D eigenvalue weighted by Gasteiger charge is -2.31. The number of aromatic nitrogens is 1. The fourth-order valence-corrected chi connectivity index (χ4v) is 2.54. The van der Waals surface area contributed by atoms with E-state index >= 15 is 0 Å². The van der Waals surface area contributed by atoms with Gasteiger partial charge in [-0.25, -0.2) is 19.8 Å². The number of rotatable bonds is 4. The molecule has 1 aliphatic rings. The molecule has 0 radical (unpaired) electrons. The van der Waals surface area contributed by atoms with Crippen molar-refractivity contribution < 1.29 is 9.59 Å². The Labute approximate surface area is 152 Å². The normalized spacial score (nSPS) is 16.3. The van der Waals surface area contributed by atoms with E-state index in [0.717, 1.165) is 12.8 Å². The number of hydrogen-bond donors (Lipinski definition) is 2. The topological polar surface area (TPSA) is 91.6 Å². The van der Waals surface area contributed by atoms with Crippen molar-refractivity contribution in [3.05, 3.63) is 23.4 Å². The number of pyridine rings is 1. The Morgan fingerprint density at radius 1 is 1.38 bits per heavy atom. The summed E-state index contributed by atoms with van der Waals surface area (Å²) in [6.45, 7) is 4.86. The zero-order chi connectivity index (χ0) is 17.0. The van der Waals surface area contributed by atoms with E-state index in [1.54, 1.807) is 18.2 Å². The molecule has 1 aromatic heterocycles. The highest BCUT2D eigenvalue weighted by Gasteiger charge is 2.34. The van der Waals surface area contributed by atoms with Crippen LogP contribution in [0.25, 0.3) is 0 Å². The van der Waals surface area contributed by atoms with Gasteiger partial charge in [0.1, 0.15) is 11.0 Å². The van der Waals surface area contributed by atoms with Crippen LogP contribution in [0.2, 0.25) is 5.15 Å². The minimum absolute atomic E-state index is 0. The van der Waals surface area contributed by atoms with E-state index in [4.69, 9.17) is 17.3 Å². The van der Waals surface area contributed by atoms with Crippen molar-refractivity contribution in [2.24, 2.45) is 11.7 Å². The van der Waals surface area contributed by atoms with Crippen molar-refractivity contribution in [1.82, 2.24) is 15.0 Å². The first kappa shape index (κ1) is 20.5. The van der Waals surface area contributed by atoms with Crippen LogP contribution >= 0.6 is 24.0 Å². The molecule has 2 rings (SSSR count). The predicted molar refractivity (Wildman–Crippen MR) is 96.0 cm³/mol. The number of nitrogens with zero attached hydrogens (tertiary/aromatic N) is 3. The Morgan fingerprint density at radius 2 is 2.04 bits per heavy atom. The smallest absolute Gasteiger partial charge is 0.320 e. The molecule has 1 aliphatic heterocycles. The summed E-state index contributed by atoms with van der Waals surface area (Å²) in [5.74, 6) is 0.168. The molecule has 2 heterocycles. The quantitative estimate of drug-likeness (QED) is 0.790. The van der Waals surface area contributed by atoms with Crippen LogP contribution in [0.5, 0.6) is 0 Å². The summed E-state index contributed by atoms with van der Waals surface area (Å²) >= 11 is 5.80. The third-order valence-corrected chi connectivity index (χ3v) is 4.22. The maximum absolute atomic E-state index is 12.5. The Bertz CT molecular complexity index is 587. The van der Waals surface area contributed by atoms with Gasteiger partial charge in [-0.2, -0.15) is 0 Å². The molecule has 2 unspecified atom stereocenters. The largest absolute Gasteiger partial charge is 0.341 e. The number of halogens is 2. The average molecular weight is 376 g/mol. The van der Waals surface area contributed by atoms with Crippen molar-refractivity contribution in [3.8, 4) is 0 Å². The lowest BCUT2D eigenvalue weighted by molar-refractivity contribution is -0.142. The number of anilines is 1. The Hall–Kier alpha value is -1.57. The van der Waals surface area contributed by atoms with Crippen LogP contribution in [-0.4, -0.2) is 46.1 Å². The van der Waals surface area contributed by atoms with E-state index in [-0.39, 0.29) is 29.4 Å². The first-order valence-electron chi connectivity index (χ1n) is 7.72. The molecule has 0 spiro atoms. The maximum Gasteiger partial charge on any atom is 0.341 e. The summed E-state index contributed by atoms with van der Waals surface area (Å²) in [6.07, 6.45) is 1.52. The first-order valence-corrected chi connectivity index (χ1v) is 8.09. The van der Waals surface area contributed by atoms with Gasteiger partial charge < -0.3 is 5.73 Å². The molecule has 3 N–H and O–H groups in total. The number of carbonyl (C=O) groups is 2. The van der Waals surface area contributed by atoms with Crippen LogP contribution in [-0.2, 0) is 4.79 Å². The summed E-state index contributed by atoms with van der Waals surface area (Å²) in [7, 11) is 0. The molecule has 7 nitrogen and oxygen atoms in total. The third kappa shape index (κ3) is 4.72. The van der Waals surface area contributed by atoms with Gasteiger partial charge in [0, 0.05) is 13.1 Å². The highest BCUT2D eigenvalue weighted by atomic mass is 35.5. The van der Waals surface area contributed by atoms with Gasteiger partial charge in [0.2, 0.25) is 0 Å². The number of hydrazine groups is 1. The van der Waals surface area contributed by atoms with E-state index in [1.807, 2.05) is 13.8 Å². The van der Waals surface area contributed by atoms with Crippen molar-refractivity contribution in [2.75, 3.05) is 18.4 Å². The maximum atomic E-state index is 12.5. The molecule has 0 bridgehead atoms. The first-order chi connectivity index (χ1) is 10.9. The van der Waals surface area contributed by atoms with Crippen LogP contribution < -0.4 is 11.1 Å². The number of carbonyl (C=O) groups excluding carboxylic acids is 2. The monoisotopic (exact) mass is 375 g/mol. The van der Waals surface area contributed by atoms with Gasteiger partial charge in [-0.15, -0.1) is 12.4 Å². The summed E-state index contributed by atoms with van der Waals surface area (Å²) in [4.78, 5) is 28.9. The van der Waals surface area contributed by atoms with E-state index in [9.17, 15) is 9.59 Å². The molecule has 0 aromatic carbocycles. The zero-order valence-electron chi connectivity index (χ0n) is 13.7. The summed E-state index contributed by atoms with van der Waals surface area (Å²) in [6, 6.07) is 3.92. The molecule has 0 aliphatic carbocycles. The van der Waals surface area contributed by atoms with Crippen molar-refractivity contribution in [3.63, 3.8) is 0 Å². The second-order valence-electron chi connectivity index (χ2n) is 5.63. The number of nitrogens with two attached hydrogens (primary N) is 1. The van der Waals surface area contributed by atoms with Gasteiger partial charge in [-0.3, -0.25) is 10.1 Å². The number of amides is 3. The van der Waals surface area contributed by atoms with Crippen LogP contribution in [0.3, 0.4) is 0 Å². The van der Waals surface area contributed by atoms with Crippen LogP contribution in [0.15, 0.2) is 18.2 Å². The number of urea groups is 1. The molecule has 9 heteroatoms. The summed E-state index contributed by atoms with van der Waals surface area (Å²) < 4.78 is 0. The van der Waals surface area contributed by atoms with Gasteiger partial charge in [0.15, 0.2) is 0 Å². The second-order valence-corrected chi connectivity index (χ2v) is 6.01. The highest BCUT2D eigenvalue weighted by molar-refractivity contribution is 6.29. The molecule has 1 aromatic rings. The third-order valence-electron chi connectivity index (χ3n) is 4.01. The average Bonchev–Trinajstić information content (AvgIpc) is 3.02. The molecule has 24 heavy (non-hydrogen) atoms. The summed E-state index contributed by atoms with van der Waals surface area (Å²) in [5, 5.41) is 5.75. The molecule has 3 amide bonds. The Morgan fingerprint density at radius 3 is 2.67 bits per heavy atom. The molecular formula is C15H23Cl2N5O2. The van der Waals surface area contributed by atoms with Crippen LogP contribution in [0.4, 0.5) is 10.6 Å². The second kappa shape index (κ2) is 9.05. The van der Waals surface area contributed by atoms with Gasteiger partial charge in [-0.05, 0) is 24.5 Å².